The molecule has 0 bridgehead atoms. The van der Waals surface area contributed by atoms with Crippen LogP contribution in [0, 0.1) is 6.92 Å². The van der Waals surface area contributed by atoms with E-state index in [4.69, 9.17) is 4.98 Å². The molecule has 1 aliphatic rings. The third kappa shape index (κ3) is 2.46. The van der Waals surface area contributed by atoms with Crippen molar-refractivity contribution in [1.29, 1.82) is 0 Å². The van der Waals surface area contributed by atoms with Crippen molar-refractivity contribution in [2.45, 2.75) is 26.3 Å². The number of anilines is 3. The summed E-state index contributed by atoms with van der Waals surface area (Å²) in [6, 6.07) is -0.00287. The van der Waals surface area contributed by atoms with Gasteiger partial charge in [-0.3, -0.25) is 9.67 Å². The Morgan fingerprint density at radius 1 is 1.27 bits per heavy atom. The van der Waals surface area contributed by atoms with Gasteiger partial charge in [-0.05, 0) is 13.3 Å². The molecule has 0 radical (unpaired) electrons. The number of hydrogen-bond donors (Lipinski definition) is 3. The molecular formula is C16H20N10. The van der Waals surface area contributed by atoms with E-state index in [0.717, 1.165) is 35.3 Å². The van der Waals surface area contributed by atoms with E-state index in [2.05, 4.69) is 47.8 Å². The number of hydrogen-bond acceptors (Lipinski definition) is 8. The highest BCUT2D eigenvalue weighted by molar-refractivity contribution is 5.71. The summed E-state index contributed by atoms with van der Waals surface area (Å²) >= 11 is 0. The van der Waals surface area contributed by atoms with Gasteiger partial charge in [0.1, 0.15) is 11.5 Å². The minimum absolute atomic E-state index is 0.00287. The van der Waals surface area contributed by atoms with E-state index in [0.29, 0.717) is 5.95 Å². The Balaban J connectivity index is 1.89. The summed E-state index contributed by atoms with van der Waals surface area (Å²) in [6.07, 6.45) is 9.78. The van der Waals surface area contributed by atoms with Crippen LogP contribution in [-0.4, -0.2) is 42.0 Å². The second kappa shape index (κ2) is 6.47. The van der Waals surface area contributed by atoms with Crippen LogP contribution in [0.15, 0.2) is 31.0 Å². The second-order valence-corrected chi connectivity index (χ2v) is 5.86. The van der Waals surface area contributed by atoms with Gasteiger partial charge in [-0.15, -0.1) is 10.2 Å². The number of aryl methyl sites for hydroxylation is 1. The van der Waals surface area contributed by atoms with Gasteiger partial charge in [0.2, 0.25) is 5.95 Å². The van der Waals surface area contributed by atoms with Crippen LogP contribution in [0.2, 0.25) is 0 Å². The number of fused-ring (bicyclic) bond motifs is 3. The standard InChI is InChI=1S/C16H20N10/c1-4-12-15-24-23-10(2)25(15)13-9-19-16(18-6-5-17-3)22-14(13)26(12)11-7-20-21-8-11/h5-9,12,17H,4H2,1-3H3,(H,20,21)(H,18,19,22)/b6-5-. The first-order valence-corrected chi connectivity index (χ1v) is 8.40. The van der Waals surface area contributed by atoms with E-state index in [1.54, 1.807) is 24.8 Å². The van der Waals surface area contributed by atoms with Crippen LogP contribution in [0.25, 0.3) is 5.69 Å². The maximum Gasteiger partial charge on any atom is 0.228 e. The van der Waals surface area contributed by atoms with E-state index in [-0.39, 0.29) is 6.04 Å². The molecule has 0 spiro atoms. The molecule has 0 saturated heterocycles. The highest BCUT2D eigenvalue weighted by atomic mass is 15.4. The number of aromatic amines is 1. The molecule has 0 aromatic carbocycles. The van der Waals surface area contributed by atoms with Gasteiger partial charge in [0.15, 0.2) is 11.6 Å². The van der Waals surface area contributed by atoms with Gasteiger partial charge in [-0.2, -0.15) is 10.1 Å². The van der Waals surface area contributed by atoms with Crippen molar-refractivity contribution < 1.29 is 0 Å². The molecule has 0 aliphatic carbocycles. The normalized spacial score (nSPS) is 15.8. The molecule has 1 atom stereocenters. The fourth-order valence-corrected chi connectivity index (χ4v) is 3.17. The van der Waals surface area contributed by atoms with Crippen LogP contribution < -0.4 is 15.5 Å². The Hall–Kier alpha value is -3.43. The SMILES string of the molecule is CCC1c2nnc(C)n2-c2cnc(N/C=C\NC)nc2N1c1cn[nH]c1. The van der Waals surface area contributed by atoms with E-state index in [1.807, 2.05) is 24.7 Å². The van der Waals surface area contributed by atoms with Gasteiger partial charge in [0.05, 0.1) is 24.1 Å². The van der Waals surface area contributed by atoms with Gasteiger partial charge in [0, 0.05) is 25.6 Å². The van der Waals surface area contributed by atoms with Crippen molar-refractivity contribution in [2.24, 2.45) is 0 Å². The first-order valence-electron chi connectivity index (χ1n) is 8.40. The topological polar surface area (TPSA) is 112 Å². The summed E-state index contributed by atoms with van der Waals surface area (Å²) in [5, 5.41) is 21.6. The molecule has 3 aromatic heterocycles. The maximum absolute atomic E-state index is 4.75. The lowest BCUT2D eigenvalue weighted by atomic mass is 10.1. The average molecular weight is 352 g/mol. The van der Waals surface area contributed by atoms with E-state index in [9.17, 15) is 0 Å². The van der Waals surface area contributed by atoms with Crippen molar-refractivity contribution >= 4 is 17.5 Å². The maximum atomic E-state index is 4.75. The molecule has 10 heteroatoms. The smallest absolute Gasteiger partial charge is 0.228 e. The van der Waals surface area contributed by atoms with Gasteiger partial charge >= 0.3 is 0 Å². The molecule has 1 aliphatic heterocycles. The number of rotatable bonds is 5. The highest BCUT2D eigenvalue weighted by Crippen LogP contribution is 2.43. The summed E-state index contributed by atoms with van der Waals surface area (Å²) in [5.41, 5.74) is 1.76. The predicted octanol–water partition coefficient (Wildman–Crippen LogP) is 1.79. The molecule has 4 heterocycles. The lowest BCUT2D eigenvalue weighted by Gasteiger charge is -2.36. The number of aromatic nitrogens is 7. The molecule has 0 amide bonds. The van der Waals surface area contributed by atoms with Crippen molar-refractivity contribution in [2.75, 3.05) is 17.3 Å². The van der Waals surface area contributed by atoms with E-state index in [1.165, 1.54) is 0 Å². The minimum atomic E-state index is -0.00287. The molecule has 26 heavy (non-hydrogen) atoms. The number of nitrogens with zero attached hydrogens (tertiary/aromatic N) is 7. The van der Waals surface area contributed by atoms with Crippen LogP contribution in [0.5, 0.6) is 0 Å². The van der Waals surface area contributed by atoms with Crippen LogP contribution >= 0.6 is 0 Å². The Morgan fingerprint density at radius 2 is 2.15 bits per heavy atom. The van der Waals surface area contributed by atoms with Gasteiger partial charge in [-0.25, -0.2) is 4.98 Å². The Morgan fingerprint density at radius 3 is 2.88 bits per heavy atom. The fraction of sp³-hybridized carbons (Fsp3) is 0.312. The largest absolute Gasteiger partial charge is 0.393 e. The Labute approximate surface area is 150 Å². The number of H-pyrrole nitrogens is 1. The van der Waals surface area contributed by atoms with Crippen LogP contribution in [0.4, 0.5) is 17.5 Å². The fourth-order valence-electron chi connectivity index (χ4n) is 3.17. The zero-order valence-corrected chi connectivity index (χ0v) is 14.8. The zero-order chi connectivity index (χ0) is 18.1. The quantitative estimate of drug-likeness (QED) is 0.637. The summed E-state index contributed by atoms with van der Waals surface area (Å²) in [4.78, 5) is 11.3. The molecule has 3 aromatic rings. The molecule has 10 nitrogen and oxygen atoms in total. The molecule has 1 unspecified atom stereocenters. The Bertz CT molecular complexity index is 927. The Kier molecular flexibility index (Phi) is 3.99. The highest BCUT2D eigenvalue weighted by Gasteiger charge is 2.36. The molecule has 4 rings (SSSR count). The van der Waals surface area contributed by atoms with Crippen molar-refractivity contribution in [1.82, 2.24) is 40.2 Å². The van der Waals surface area contributed by atoms with E-state index < -0.39 is 0 Å². The summed E-state index contributed by atoms with van der Waals surface area (Å²) in [5.74, 6) is 2.97. The van der Waals surface area contributed by atoms with Gasteiger partial charge in [0.25, 0.3) is 0 Å². The molecule has 134 valence electrons. The summed E-state index contributed by atoms with van der Waals surface area (Å²) in [7, 11) is 1.83. The molecular weight excluding hydrogens is 332 g/mol. The third-order valence-corrected chi connectivity index (χ3v) is 4.29. The summed E-state index contributed by atoms with van der Waals surface area (Å²) < 4.78 is 2.02. The first kappa shape index (κ1) is 16.1. The van der Waals surface area contributed by atoms with Crippen LogP contribution in [0.3, 0.4) is 0 Å². The van der Waals surface area contributed by atoms with Crippen LogP contribution in [0.1, 0.15) is 31.0 Å². The van der Waals surface area contributed by atoms with Crippen molar-refractivity contribution in [3.63, 3.8) is 0 Å². The average Bonchev–Trinajstić information content (AvgIpc) is 3.31. The molecule has 0 saturated carbocycles. The molecule has 3 N–H and O–H groups in total. The number of nitrogens with one attached hydrogen (secondary N) is 3. The van der Waals surface area contributed by atoms with Crippen molar-refractivity contribution in [3.05, 3.63) is 42.6 Å². The van der Waals surface area contributed by atoms with Crippen molar-refractivity contribution in [3.8, 4) is 5.69 Å². The predicted molar refractivity (Wildman–Crippen MR) is 97.3 cm³/mol. The second-order valence-electron chi connectivity index (χ2n) is 5.86. The van der Waals surface area contributed by atoms with Gasteiger partial charge in [-0.1, -0.05) is 6.92 Å². The lowest BCUT2D eigenvalue weighted by Crippen LogP contribution is -2.32. The molecule has 0 fully saturated rings. The monoisotopic (exact) mass is 352 g/mol. The minimum Gasteiger partial charge on any atom is -0.393 e. The first-order chi connectivity index (χ1) is 12.7. The summed E-state index contributed by atoms with van der Waals surface area (Å²) in [6.45, 7) is 4.05. The lowest BCUT2D eigenvalue weighted by molar-refractivity contribution is 0.588. The van der Waals surface area contributed by atoms with E-state index >= 15 is 0 Å². The third-order valence-electron chi connectivity index (χ3n) is 4.29. The van der Waals surface area contributed by atoms with Gasteiger partial charge < -0.3 is 15.5 Å². The van der Waals surface area contributed by atoms with Crippen LogP contribution in [-0.2, 0) is 0 Å². The zero-order valence-electron chi connectivity index (χ0n) is 14.8.